The van der Waals surface area contributed by atoms with Gasteiger partial charge in [0.15, 0.2) is 0 Å². The van der Waals surface area contributed by atoms with E-state index in [0.29, 0.717) is 11.3 Å². The van der Waals surface area contributed by atoms with Crippen LogP contribution in [0.2, 0.25) is 0 Å². The van der Waals surface area contributed by atoms with Gasteiger partial charge in [-0.15, -0.1) is 0 Å². The Labute approximate surface area is 121 Å². The number of methoxy groups -OCH3 is 1. The van der Waals surface area contributed by atoms with Crippen molar-refractivity contribution >= 4 is 0 Å². The van der Waals surface area contributed by atoms with Crippen LogP contribution in [0.25, 0.3) is 0 Å². The summed E-state index contributed by atoms with van der Waals surface area (Å²) in [4.78, 5) is 0. The van der Waals surface area contributed by atoms with E-state index in [9.17, 15) is 5.11 Å². The monoisotopic (exact) mass is 275 g/mol. The predicted octanol–water partition coefficient (Wildman–Crippen LogP) is 2.54. The summed E-state index contributed by atoms with van der Waals surface area (Å²) in [5, 5.41) is 14.9. The third-order valence-corrected chi connectivity index (χ3v) is 5.56. The maximum absolute atomic E-state index is 11.4. The average Bonchev–Trinajstić information content (AvgIpc) is 2.95. The van der Waals surface area contributed by atoms with Crippen molar-refractivity contribution in [1.29, 1.82) is 0 Å². The largest absolute Gasteiger partial charge is 0.496 e. The topological polar surface area (TPSA) is 41.5 Å². The number of hydrogen-bond donors (Lipinski definition) is 2. The van der Waals surface area contributed by atoms with Gasteiger partial charge < -0.3 is 15.2 Å². The molecule has 2 fully saturated rings. The lowest BCUT2D eigenvalue weighted by Gasteiger charge is -2.49. The summed E-state index contributed by atoms with van der Waals surface area (Å²) in [6.07, 6.45) is 1.85. The molecule has 3 rings (SSSR count). The Morgan fingerprint density at radius 1 is 1.15 bits per heavy atom. The molecular formula is C17H25NO2. The van der Waals surface area contributed by atoms with Gasteiger partial charge >= 0.3 is 0 Å². The van der Waals surface area contributed by atoms with Crippen molar-refractivity contribution in [2.75, 3.05) is 20.2 Å². The molecule has 0 amide bonds. The lowest BCUT2D eigenvalue weighted by Crippen LogP contribution is -2.49. The van der Waals surface area contributed by atoms with Gasteiger partial charge in [0, 0.05) is 18.0 Å². The zero-order valence-corrected chi connectivity index (χ0v) is 12.6. The number of para-hydroxylation sites is 1. The highest BCUT2D eigenvalue weighted by atomic mass is 16.5. The number of fused-ring (bicyclic) bond motifs is 1. The van der Waals surface area contributed by atoms with Gasteiger partial charge in [0.25, 0.3) is 0 Å². The molecule has 3 unspecified atom stereocenters. The molecule has 20 heavy (non-hydrogen) atoms. The van der Waals surface area contributed by atoms with Crippen molar-refractivity contribution in [3.8, 4) is 5.75 Å². The molecular weight excluding hydrogens is 250 g/mol. The summed E-state index contributed by atoms with van der Waals surface area (Å²) in [6.45, 7) is 6.57. The van der Waals surface area contributed by atoms with E-state index in [2.05, 4.69) is 19.2 Å². The molecule has 0 spiro atoms. The first-order valence-electron chi connectivity index (χ1n) is 7.55. The Hall–Kier alpha value is -1.06. The van der Waals surface area contributed by atoms with Crippen molar-refractivity contribution in [2.24, 2.45) is 17.3 Å². The molecule has 0 bridgehead atoms. The van der Waals surface area contributed by atoms with Crippen LogP contribution in [0.5, 0.6) is 5.75 Å². The Kier molecular flexibility index (Phi) is 3.30. The molecule has 1 aromatic carbocycles. The first-order valence-corrected chi connectivity index (χ1v) is 7.55. The summed E-state index contributed by atoms with van der Waals surface area (Å²) in [5.41, 5.74) is 0.482. The molecule has 1 aliphatic carbocycles. The second-order valence-corrected chi connectivity index (χ2v) is 6.98. The van der Waals surface area contributed by atoms with Gasteiger partial charge in [-0.3, -0.25) is 0 Å². The minimum absolute atomic E-state index is 0.266. The van der Waals surface area contributed by atoms with E-state index in [1.807, 2.05) is 24.3 Å². The molecule has 0 aromatic heterocycles. The quantitative estimate of drug-likeness (QED) is 0.871. The SMILES string of the molecule is COc1ccccc1C1(O)CCC(C)(C)C2CNCC21. The summed E-state index contributed by atoms with van der Waals surface area (Å²) < 4.78 is 5.48. The van der Waals surface area contributed by atoms with Gasteiger partial charge in [-0.05, 0) is 36.8 Å². The van der Waals surface area contributed by atoms with Gasteiger partial charge in [-0.2, -0.15) is 0 Å². The maximum Gasteiger partial charge on any atom is 0.124 e. The van der Waals surface area contributed by atoms with Gasteiger partial charge in [0.1, 0.15) is 5.75 Å². The Bertz CT molecular complexity index is 500. The molecule has 1 saturated heterocycles. The summed E-state index contributed by atoms with van der Waals surface area (Å²) in [6, 6.07) is 7.92. The highest BCUT2D eigenvalue weighted by Gasteiger charge is 2.54. The number of hydrogen-bond acceptors (Lipinski definition) is 3. The van der Waals surface area contributed by atoms with Crippen LogP contribution in [0.1, 0.15) is 32.3 Å². The fourth-order valence-corrected chi connectivity index (χ4v) is 4.22. The average molecular weight is 275 g/mol. The van der Waals surface area contributed by atoms with Crippen molar-refractivity contribution in [1.82, 2.24) is 5.32 Å². The van der Waals surface area contributed by atoms with Crippen molar-refractivity contribution in [3.63, 3.8) is 0 Å². The molecule has 3 heteroatoms. The zero-order chi connectivity index (χ0) is 14.4. The van der Waals surface area contributed by atoms with E-state index in [1.165, 1.54) is 0 Å². The van der Waals surface area contributed by atoms with Crippen molar-refractivity contribution < 1.29 is 9.84 Å². The zero-order valence-electron chi connectivity index (χ0n) is 12.6. The van der Waals surface area contributed by atoms with Crippen LogP contribution >= 0.6 is 0 Å². The molecule has 2 aliphatic rings. The highest BCUT2D eigenvalue weighted by molar-refractivity contribution is 5.39. The maximum atomic E-state index is 11.4. The fourth-order valence-electron chi connectivity index (χ4n) is 4.22. The van der Waals surface area contributed by atoms with Crippen LogP contribution in [0, 0.1) is 17.3 Å². The summed E-state index contributed by atoms with van der Waals surface area (Å²) in [5.74, 6) is 1.59. The van der Waals surface area contributed by atoms with Crippen molar-refractivity contribution in [2.45, 2.75) is 32.3 Å². The third-order valence-electron chi connectivity index (χ3n) is 5.56. The molecule has 110 valence electrons. The summed E-state index contributed by atoms with van der Waals surface area (Å²) in [7, 11) is 1.68. The number of benzene rings is 1. The van der Waals surface area contributed by atoms with E-state index in [0.717, 1.165) is 37.2 Å². The number of nitrogens with one attached hydrogen (secondary N) is 1. The van der Waals surface area contributed by atoms with Crippen LogP contribution in [0.3, 0.4) is 0 Å². The molecule has 1 aliphatic heterocycles. The lowest BCUT2D eigenvalue weighted by atomic mass is 9.57. The van der Waals surface area contributed by atoms with E-state index in [-0.39, 0.29) is 5.92 Å². The molecule has 1 aromatic rings. The van der Waals surface area contributed by atoms with E-state index >= 15 is 0 Å². The lowest BCUT2D eigenvalue weighted by molar-refractivity contribution is -0.103. The van der Waals surface area contributed by atoms with Crippen LogP contribution < -0.4 is 10.1 Å². The first kappa shape index (κ1) is 13.9. The van der Waals surface area contributed by atoms with Crippen LogP contribution in [0.15, 0.2) is 24.3 Å². The number of ether oxygens (including phenoxy) is 1. The molecule has 3 nitrogen and oxygen atoms in total. The Morgan fingerprint density at radius 3 is 2.60 bits per heavy atom. The smallest absolute Gasteiger partial charge is 0.124 e. The molecule has 1 saturated carbocycles. The molecule has 3 atom stereocenters. The van der Waals surface area contributed by atoms with Crippen LogP contribution in [-0.2, 0) is 5.60 Å². The second-order valence-electron chi connectivity index (χ2n) is 6.98. The highest BCUT2D eigenvalue weighted by Crippen LogP contribution is 2.55. The minimum Gasteiger partial charge on any atom is -0.496 e. The molecule has 0 radical (unpaired) electrons. The summed E-state index contributed by atoms with van der Waals surface area (Å²) >= 11 is 0. The third kappa shape index (κ3) is 1.95. The van der Waals surface area contributed by atoms with E-state index < -0.39 is 5.60 Å². The van der Waals surface area contributed by atoms with E-state index in [4.69, 9.17) is 4.74 Å². The Balaban J connectivity index is 2.03. The predicted molar refractivity (Wildman–Crippen MR) is 79.8 cm³/mol. The van der Waals surface area contributed by atoms with Gasteiger partial charge in [0.05, 0.1) is 12.7 Å². The molecule has 1 heterocycles. The van der Waals surface area contributed by atoms with Gasteiger partial charge in [0.2, 0.25) is 0 Å². The van der Waals surface area contributed by atoms with Crippen LogP contribution in [-0.4, -0.2) is 25.3 Å². The standard InChI is InChI=1S/C17H25NO2/c1-16(2)8-9-17(19,14-11-18-10-13(14)16)12-6-4-5-7-15(12)20-3/h4-7,13-14,18-19H,8-11H2,1-3H3. The second kappa shape index (κ2) is 4.74. The van der Waals surface area contributed by atoms with Gasteiger partial charge in [-0.25, -0.2) is 0 Å². The molecule has 2 N–H and O–H groups in total. The van der Waals surface area contributed by atoms with Crippen LogP contribution in [0.4, 0.5) is 0 Å². The minimum atomic E-state index is -0.768. The van der Waals surface area contributed by atoms with Gasteiger partial charge in [-0.1, -0.05) is 32.0 Å². The number of rotatable bonds is 2. The number of aliphatic hydroxyl groups is 1. The van der Waals surface area contributed by atoms with Crippen molar-refractivity contribution in [3.05, 3.63) is 29.8 Å². The first-order chi connectivity index (χ1) is 9.49. The van der Waals surface area contributed by atoms with E-state index in [1.54, 1.807) is 7.11 Å². The normalized spacial score (nSPS) is 35.6. The fraction of sp³-hybridized carbons (Fsp3) is 0.647. The Morgan fingerprint density at radius 2 is 1.85 bits per heavy atom.